The van der Waals surface area contributed by atoms with Crippen LogP contribution >= 0.6 is 0 Å². The third kappa shape index (κ3) is 2.86. The van der Waals surface area contributed by atoms with Gasteiger partial charge in [-0.3, -0.25) is 9.89 Å². The summed E-state index contributed by atoms with van der Waals surface area (Å²) in [5.41, 5.74) is 4.23. The number of fused-ring (bicyclic) bond motifs is 1. The van der Waals surface area contributed by atoms with Crippen LogP contribution in [-0.4, -0.2) is 37.8 Å². The normalized spacial score (nSPS) is 13.7. The van der Waals surface area contributed by atoms with E-state index in [1.165, 1.54) is 5.56 Å². The molecule has 0 saturated carbocycles. The van der Waals surface area contributed by atoms with Crippen LogP contribution < -0.4 is 0 Å². The second-order valence-electron chi connectivity index (χ2n) is 6.57. The summed E-state index contributed by atoms with van der Waals surface area (Å²) in [6.45, 7) is 0.441. The molecule has 1 amide bonds. The van der Waals surface area contributed by atoms with Gasteiger partial charge in [0.2, 0.25) is 0 Å². The van der Waals surface area contributed by atoms with Gasteiger partial charge in [-0.25, -0.2) is 0 Å². The smallest absolute Gasteiger partial charge is 0.271 e. The van der Waals surface area contributed by atoms with Gasteiger partial charge in [-0.2, -0.15) is 5.10 Å². The third-order valence-corrected chi connectivity index (χ3v) is 4.78. The van der Waals surface area contributed by atoms with Crippen molar-refractivity contribution in [2.24, 2.45) is 7.05 Å². The Hall–Kier alpha value is -2.83. The number of nitrogens with zero attached hydrogens (tertiary/aromatic N) is 4. The number of rotatable bonds is 4. The summed E-state index contributed by atoms with van der Waals surface area (Å²) in [5.74, 6) is 0.871. The third-order valence-electron chi connectivity index (χ3n) is 4.78. The van der Waals surface area contributed by atoms with Crippen molar-refractivity contribution in [2.45, 2.75) is 32.2 Å². The Kier molecular flexibility index (Phi) is 3.91. The van der Waals surface area contributed by atoms with Gasteiger partial charge in [0.25, 0.3) is 5.91 Å². The first-order chi connectivity index (χ1) is 12.1. The summed E-state index contributed by atoms with van der Waals surface area (Å²) >= 11 is 0. The molecule has 0 bridgehead atoms. The Bertz CT molecular complexity index is 904. The van der Waals surface area contributed by atoms with E-state index in [0.29, 0.717) is 12.2 Å². The van der Waals surface area contributed by atoms with Crippen molar-refractivity contribution in [1.29, 1.82) is 0 Å². The topological polar surface area (TPSA) is 79.9 Å². The number of aromatic amines is 1. The van der Waals surface area contributed by atoms with E-state index < -0.39 is 0 Å². The maximum atomic E-state index is 12.7. The van der Waals surface area contributed by atoms with Crippen molar-refractivity contribution in [1.82, 2.24) is 24.8 Å². The van der Waals surface area contributed by atoms with E-state index >= 15 is 0 Å². The predicted octanol–water partition coefficient (Wildman–Crippen LogP) is 2.55. The number of amides is 1. The Labute approximate surface area is 145 Å². The molecule has 0 aliphatic heterocycles. The molecule has 3 heterocycles. The van der Waals surface area contributed by atoms with Gasteiger partial charge in [0.05, 0.1) is 12.2 Å². The quantitative estimate of drug-likeness (QED) is 0.792. The lowest BCUT2D eigenvalue weighted by atomic mass is 9.96. The maximum absolute atomic E-state index is 12.7. The van der Waals surface area contributed by atoms with Crippen LogP contribution in [0.5, 0.6) is 0 Å². The fourth-order valence-corrected chi connectivity index (χ4v) is 3.36. The number of aryl methyl sites for hydroxylation is 2. The molecule has 0 fully saturated rings. The van der Waals surface area contributed by atoms with Gasteiger partial charge in [-0.1, -0.05) is 5.16 Å². The van der Waals surface area contributed by atoms with Crippen molar-refractivity contribution < 1.29 is 9.32 Å². The van der Waals surface area contributed by atoms with Gasteiger partial charge < -0.3 is 14.0 Å². The molecule has 3 aromatic heterocycles. The zero-order valence-electron chi connectivity index (χ0n) is 14.5. The fourth-order valence-electron chi connectivity index (χ4n) is 3.36. The Morgan fingerprint density at radius 1 is 1.40 bits per heavy atom. The number of hydrogen-bond acceptors (Lipinski definition) is 4. The molecule has 0 spiro atoms. The van der Waals surface area contributed by atoms with E-state index in [1.807, 2.05) is 29.9 Å². The van der Waals surface area contributed by atoms with Crippen LogP contribution in [-0.2, 0) is 26.4 Å². The van der Waals surface area contributed by atoms with E-state index in [1.54, 1.807) is 18.0 Å². The molecule has 0 radical (unpaired) electrons. The average Bonchev–Trinajstić information content (AvgIpc) is 3.34. The average molecular weight is 339 g/mol. The minimum atomic E-state index is -0.111. The molecule has 130 valence electrons. The summed E-state index contributed by atoms with van der Waals surface area (Å²) in [5, 5.41) is 11.3. The number of carbonyl (C=O) groups is 1. The molecule has 4 rings (SSSR count). The van der Waals surface area contributed by atoms with Crippen molar-refractivity contribution in [3.05, 3.63) is 47.1 Å². The van der Waals surface area contributed by atoms with E-state index in [-0.39, 0.29) is 5.91 Å². The minimum absolute atomic E-state index is 0.111. The van der Waals surface area contributed by atoms with Crippen molar-refractivity contribution >= 4 is 5.91 Å². The second-order valence-corrected chi connectivity index (χ2v) is 6.57. The molecule has 7 heteroatoms. The highest BCUT2D eigenvalue weighted by molar-refractivity contribution is 5.93. The minimum Gasteiger partial charge on any atom is -0.361 e. The molecule has 0 unspecified atom stereocenters. The zero-order valence-corrected chi connectivity index (χ0v) is 14.5. The highest BCUT2D eigenvalue weighted by Crippen LogP contribution is 2.25. The van der Waals surface area contributed by atoms with Gasteiger partial charge in [0.1, 0.15) is 22.8 Å². The lowest BCUT2D eigenvalue weighted by Gasteiger charge is -2.16. The SMILES string of the molecule is CN(Cc1noc2c1CCCC2)C(=O)c1cc(-c2cccn2C)n[nH]1. The predicted molar refractivity (Wildman–Crippen MR) is 91.9 cm³/mol. The highest BCUT2D eigenvalue weighted by atomic mass is 16.5. The van der Waals surface area contributed by atoms with E-state index in [4.69, 9.17) is 4.52 Å². The molecule has 0 aromatic carbocycles. The van der Waals surface area contributed by atoms with Crippen LogP contribution in [0.25, 0.3) is 11.4 Å². The number of nitrogens with one attached hydrogen (secondary N) is 1. The van der Waals surface area contributed by atoms with Crippen LogP contribution in [0.1, 0.15) is 40.3 Å². The van der Waals surface area contributed by atoms with Gasteiger partial charge >= 0.3 is 0 Å². The molecule has 0 saturated heterocycles. The molecule has 25 heavy (non-hydrogen) atoms. The molecule has 0 atom stereocenters. The largest absolute Gasteiger partial charge is 0.361 e. The Balaban J connectivity index is 1.50. The van der Waals surface area contributed by atoms with Crippen LogP contribution in [0.3, 0.4) is 0 Å². The monoisotopic (exact) mass is 339 g/mol. The Morgan fingerprint density at radius 2 is 2.24 bits per heavy atom. The number of carbonyl (C=O) groups excluding carboxylic acids is 1. The molecular formula is C18H21N5O2. The first-order valence-corrected chi connectivity index (χ1v) is 8.52. The number of aromatic nitrogens is 4. The van der Waals surface area contributed by atoms with E-state index in [0.717, 1.165) is 48.5 Å². The lowest BCUT2D eigenvalue weighted by molar-refractivity contribution is 0.0776. The standard InChI is InChI=1S/C18H21N5O2/c1-22-9-5-7-16(22)13-10-14(20-19-13)18(24)23(2)11-15-12-6-3-4-8-17(12)25-21-15/h5,7,9-10H,3-4,6,8,11H2,1-2H3,(H,19,20). The summed E-state index contributed by atoms with van der Waals surface area (Å²) in [6, 6.07) is 5.70. The molecule has 1 aliphatic rings. The molecule has 1 N–H and O–H groups in total. The number of hydrogen-bond donors (Lipinski definition) is 1. The zero-order chi connectivity index (χ0) is 17.4. The van der Waals surface area contributed by atoms with Crippen molar-refractivity contribution in [3.8, 4) is 11.4 Å². The summed E-state index contributed by atoms with van der Waals surface area (Å²) in [4.78, 5) is 14.3. The van der Waals surface area contributed by atoms with Crippen molar-refractivity contribution in [3.63, 3.8) is 0 Å². The Morgan fingerprint density at radius 3 is 3.04 bits per heavy atom. The van der Waals surface area contributed by atoms with Crippen LogP contribution in [0.4, 0.5) is 0 Å². The second kappa shape index (κ2) is 6.23. The molecule has 7 nitrogen and oxygen atoms in total. The van der Waals surface area contributed by atoms with E-state index in [2.05, 4.69) is 15.4 Å². The summed E-state index contributed by atoms with van der Waals surface area (Å²) in [6.07, 6.45) is 6.18. The maximum Gasteiger partial charge on any atom is 0.271 e. The molecule has 1 aliphatic carbocycles. The first-order valence-electron chi connectivity index (χ1n) is 8.52. The van der Waals surface area contributed by atoms with Crippen LogP contribution in [0.2, 0.25) is 0 Å². The van der Waals surface area contributed by atoms with Gasteiger partial charge in [-0.05, 0) is 37.5 Å². The number of H-pyrrole nitrogens is 1. The van der Waals surface area contributed by atoms with Crippen LogP contribution in [0, 0.1) is 0 Å². The molecule has 3 aromatic rings. The molecular weight excluding hydrogens is 318 g/mol. The van der Waals surface area contributed by atoms with Crippen LogP contribution in [0.15, 0.2) is 28.9 Å². The van der Waals surface area contributed by atoms with Gasteiger partial charge in [0, 0.05) is 32.3 Å². The highest BCUT2D eigenvalue weighted by Gasteiger charge is 2.23. The summed E-state index contributed by atoms with van der Waals surface area (Å²) in [7, 11) is 3.72. The first kappa shape index (κ1) is 15.7. The fraction of sp³-hybridized carbons (Fsp3) is 0.389. The van der Waals surface area contributed by atoms with Gasteiger partial charge in [-0.15, -0.1) is 0 Å². The summed E-state index contributed by atoms with van der Waals surface area (Å²) < 4.78 is 7.40. The lowest BCUT2D eigenvalue weighted by Crippen LogP contribution is -2.27. The van der Waals surface area contributed by atoms with E-state index in [9.17, 15) is 4.79 Å². The van der Waals surface area contributed by atoms with Crippen molar-refractivity contribution in [2.75, 3.05) is 7.05 Å². The van der Waals surface area contributed by atoms with Gasteiger partial charge in [0.15, 0.2) is 0 Å².